The average Bonchev–Trinajstić information content (AvgIpc) is 2.85. The van der Waals surface area contributed by atoms with E-state index in [0.29, 0.717) is 11.3 Å². The summed E-state index contributed by atoms with van der Waals surface area (Å²) in [4.78, 5) is 22.9. The van der Waals surface area contributed by atoms with Gasteiger partial charge in [-0.25, -0.2) is 4.79 Å². The number of carboxylic acids is 1. The summed E-state index contributed by atoms with van der Waals surface area (Å²) in [6.07, 6.45) is 2.95. The summed E-state index contributed by atoms with van der Waals surface area (Å²) >= 11 is 0.944. The molecule has 0 aliphatic heterocycles. The number of amides is 1. The van der Waals surface area contributed by atoms with Crippen molar-refractivity contribution in [3.05, 3.63) is 29.2 Å². The molecule has 0 atom stereocenters. The zero-order valence-corrected chi connectivity index (χ0v) is 10.5. The normalized spacial score (nSPS) is 10.3. The molecule has 18 heavy (non-hydrogen) atoms. The van der Waals surface area contributed by atoms with Gasteiger partial charge in [-0.3, -0.25) is 9.48 Å². The van der Waals surface area contributed by atoms with Crippen LogP contribution in [0.25, 0.3) is 0 Å². The van der Waals surface area contributed by atoms with Crippen molar-refractivity contribution >= 4 is 28.4 Å². The van der Waals surface area contributed by atoms with Crippen LogP contribution in [0.5, 0.6) is 0 Å². The maximum Gasteiger partial charge on any atom is 0.340 e. The third-order valence-corrected chi connectivity index (χ3v) is 3.12. The topological polar surface area (TPSA) is 97.1 Å². The molecule has 0 spiro atoms. The molecule has 8 heteroatoms. The van der Waals surface area contributed by atoms with Gasteiger partial charge in [0.15, 0.2) is 0 Å². The first kappa shape index (κ1) is 12.2. The Balaban J connectivity index is 2.25. The van der Waals surface area contributed by atoms with E-state index in [-0.39, 0.29) is 10.6 Å². The van der Waals surface area contributed by atoms with Crippen LogP contribution in [0.3, 0.4) is 0 Å². The van der Waals surface area contributed by atoms with Crippen LogP contribution in [0.15, 0.2) is 12.4 Å². The molecular formula is C10H10N4O3S. The largest absolute Gasteiger partial charge is 0.478 e. The summed E-state index contributed by atoms with van der Waals surface area (Å²) < 4.78 is 5.41. The van der Waals surface area contributed by atoms with E-state index in [1.165, 1.54) is 10.9 Å². The number of aryl methyl sites for hydroxylation is 2. The van der Waals surface area contributed by atoms with E-state index >= 15 is 0 Å². The van der Waals surface area contributed by atoms with E-state index in [2.05, 4.69) is 14.8 Å². The zero-order valence-electron chi connectivity index (χ0n) is 9.67. The Morgan fingerprint density at radius 2 is 2.22 bits per heavy atom. The van der Waals surface area contributed by atoms with Gasteiger partial charge in [-0.15, -0.1) is 0 Å². The molecule has 2 N–H and O–H groups in total. The van der Waals surface area contributed by atoms with E-state index in [0.717, 1.165) is 11.5 Å². The second kappa shape index (κ2) is 4.57. The highest BCUT2D eigenvalue weighted by Crippen LogP contribution is 2.24. The summed E-state index contributed by atoms with van der Waals surface area (Å²) in [7, 11) is 1.69. The molecule has 1 amide bonds. The highest BCUT2D eigenvalue weighted by atomic mass is 32.1. The minimum absolute atomic E-state index is 0.0252. The monoisotopic (exact) mass is 266 g/mol. The Morgan fingerprint density at radius 1 is 1.50 bits per heavy atom. The molecule has 94 valence electrons. The molecule has 2 heterocycles. The van der Waals surface area contributed by atoms with E-state index in [4.69, 9.17) is 5.11 Å². The van der Waals surface area contributed by atoms with E-state index < -0.39 is 11.9 Å². The molecule has 2 aromatic heterocycles. The lowest BCUT2D eigenvalue weighted by atomic mass is 10.2. The second-order valence-electron chi connectivity index (χ2n) is 3.63. The van der Waals surface area contributed by atoms with Crippen LogP contribution in [0.4, 0.5) is 5.00 Å². The van der Waals surface area contributed by atoms with Crippen LogP contribution in [0, 0.1) is 6.92 Å². The number of nitrogens with one attached hydrogen (secondary N) is 1. The van der Waals surface area contributed by atoms with Crippen molar-refractivity contribution in [1.29, 1.82) is 0 Å². The lowest BCUT2D eigenvalue weighted by molar-refractivity contribution is 0.0697. The summed E-state index contributed by atoms with van der Waals surface area (Å²) in [5.74, 6) is -1.52. The number of nitrogens with zero attached hydrogens (tertiary/aromatic N) is 3. The van der Waals surface area contributed by atoms with Crippen molar-refractivity contribution in [1.82, 2.24) is 14.2 Å². The highest BCUT2D eigenvalue weighted by Gasteiger charge is 2.20. The van der Waals surface area contributed by atoms with Gasteiger partial charge in [-0.05, 0) is 18.5 Å². The number of hydrogen-bond donors (Lipinski definition) is 2. The molecule has 0 fully saturated rings. The van der Waals surface area contributed by atoms with E-state index in [1.54, 1.807) is 20.2 Å². The molecule has 0 aliphatic rings. The average molecular weight is 266 g/mol. The highest BCUT2D eigenvalue weighted by molar-refractivity contribution is 7.11. The maximum absolute atomic E-state index is 11.8. The van der Waals surface area contributed by atoms with Crippen molar-refractivity contribution in [2.45, 2.75) is 6.92 Å². The maximum atomic E-state index is 11.8. The Kier molecular flexibility index (Phi) is 3.11. The second-order valence-corrected chi connectivity index (χ2v) is 4.41. The van der Waals surface area contributed by atoms with Crippen LogP contribution in [0.2, 0.25) is 0 Å². The SMILES string of the molecule is Cc1nsc(NC(=O)c2cnn(C)c2)c1C(=O)O. The van der Waals surface area contributed by atoms with Crippen LogP contribution in [-0.2, 0) is 7.05 Å². The minimum Gasteiger partial charge on any atom is -0.478 e. The predicted octanol–water partition coefficient (Wildman–Crippen LogP) is 1.14. The zero-order chi connectivity index (χ0) is 13.3. The number of rotatable bonds is 3. The van der Waals surface area contributed by atoms with Crippen LogP contribution in [-0.4, -0.2) is 31.1 Å². The number of aromatic nitrogens is 3. The van der Waals surface area contributed by atoms with Crippen molar-refractivity contribution in [3.8, 4) is 0 Å². The Labute approximate surface area is 106 Å². The molecule has 0 aliphatic carbocycles. The van der Waals surface area contributed by atoms with Crippen molar-refractivity contribution in [2.75, 3.05) is 5.32 Å². The van der Waals surface area contributed by atoms with Crippen molar-refractivity contribution in [3.63, 3.8) is 0 Å². The number of anilines is 1. The lowest BCUT2D eigenvalue weighted by Gasteiger charge is -2.01. The van der Waals surface area contributed by atoms with Gasteiger partial charge in [-0.1, -0.05) is 0 Å². The molecule has 0 radical (unpaired) electrons. The molecular weight excluding hydrogens is 256 g/mol. The standard InChI is InChI=1S/C10H10N4O3S/c1-5-7(10(16)17)9(18-13-5)12-8(15)6-3-11-14(2)4-6/h3-4H,1-2H3,(H,12,15)(H,16,17). The van der Waals surface area contributed by atoms with Gasteiger partial charge in [0.05, 0.1) is 17.5 Å². The first-order valence-corrected chi connectivity index (χ1v) is 5.76. The molecule has 0 bridgehead atoms. The van der Waals surface area contributed by atoms with E-state index in [1.807, 2.05) is 0 Å². The number of carbonyl (C=O) groups is 2. The number of carbonyl (C=O) groups excluding carboxylic acids is 1. The number of carboxylic acid groups (broad SMARTS) is 1. The summed E-state index contributed by atoms with van der Waals surface area (Å²) in [5, 5.41) is 15.6. The predicted molar refractivity (Wildman–Crippen MR) is 65.0 cm³/mol. The lowest BCUT2D eigenvalue weighted by Crippen LogP contribution is -2.13. The smallest absolute Gasteiger partial charge is 0.340 e. The molecule has 2 rings (SSSR count). The first-order valence-electron chi connectivity index (χ1n) is 4.98. The molecule has 0 saturated heterocycles. The van der Waals surface area contributed by atoms with Gasteiger partial charge in [0.25, 0.3) is 5.91 Å². The van der Waals surface area contributed by atoms with Gasteiger partial charge >= 0.3 is 5.97 Å². The first-order chi connectivity index (χ1) is 8.49. The molecule has 2 aromatic rings. The van der Waals surface area contributed by atoms with Gasteiger partial charge in [-0.2, -0.15) is 9.47 Å². The minimum atomic E-state index is -1.11. The van der Waals surface area contributed by atoms with E-state index in [9.17, 15) is 9.59 Å². The van der Waals surface area contributed by atoms with Crippen LogP contribution < -0.4 is 5.32 Å². The summed E-state index contributed by atoms with van der Waals surface area (Å²) in [6.45, 7) is 1.58. The molecule has 0 aromatic carbocycles. The van der Waals surface area contributed by atoms with Gasteiger partial charge in [0.2, 0.25) is 0 Å². The summed E-state index contributed by atoms with van der Waals surface area (Å²) in [6, 6.07) is 0. The molecule has 7 nitrogen and oxygen atoms in total. The molecule has 0 unspecified atom stereocenters. The third-order valence-electron chi connectivity index (χ3n) is 2.27. The summed E-state index contributed by atoms with van der Waals surface area (Å²) in [5.41, 5.74) is 0.770. The van der Waals surface area contributed by atoms with Crippen LogP contribution >= 0.6 is 11.5 Å². The van der Waals surface area contributed by atoms with Gasteiger partial charge < -0.3 is 10.4 Å². The number of aromatic carboxylic acids is 1. The Morgan fingerprint density at radius 3 is 2.78 bits per heavy atom. The number of hydrogen-bond acceptors (Lipinski definition) is 5. The quantitative estimate of drug-likeness (QED) is 0.868. The van der Waals surface area contributed by atoms with Crippen molar-refractivity contribution in [2.24, 2.45) is 7.05 Å². The fourth-order valence-corrected chi connectivity index (χ4v) is 2.20. The van der Waals surface area contributed by atoms with Crippen LogP contribution in [0.1, 0.15) is 26.4 Å². The van der Waals surface area contributed by atoms with Gasteiger partial charge in [0, 0.05) is 13.2 Å². The fourth-order valence-electron chi connectivity index (χ4n) is 1.42. The molecule has 0 saturated carbocycles. The fraction of sp³-hybridized carbons (Fsp3) is 0.200. The Hall–Kier alpha value is -2.22. The van der Waals surface area contributed by atoms with Crippen molar-refractivity contribution < 1.29 is 14.7 Å². The van der Waals surface area contributed by atoms with Gasteiger partial charge in [0.1, 0.15) is 10.6 Å². The third kappa shape index (κ3) is 2.23. The Bertz CT molecular complexity index is 616.